The Kier molecular flexibility index (Phi) is 18.5. The molecule has 160 valence electrons. The topological polar surface area (TPSA) is 167 Å². The number of rotatable bonds is 10. The molecule has 0 aromatic rings. The third kappa shape index (κ3) is 36.2. The molecule has 0 saturated heterocycles. The molecule has 0 unspecified atom stereocenters. The molecule has 0 fully saturated rings. The second-order valence-electron chi connectivity index (χ2n) is 6.20. The van der Waals surface area contributed by atoms with Crippen molar-refractivity contribution in [3.63, 3.8) is 0 Å². The van der Waals surface area contributed by atoms with Crippen molar-refractivity contribution in [1.29, 1.82) is 0 Å². The number of carbonyl (C=O) groups is 2. The molecule has 27 heavy (non-hydrogen) atoms. The van der Waals surface area contributed by atoms with Gasteiger partial charge in [-0.25, -0.2) is 0 Å². The average Bonchev–Trinajstić information content (AvgIpc) is 2.44. The Bertz CT molecular complexity index is 529. The van der Waals surface area contributed by atoms with Gasteiger partial charge in [-0.2, -0.15) is 0 Å². The van der Waals surface area contributed by atoms with Crippen molar-refractivity contribution >= 4 is 11.8 Å². The fraction of sp³-hybridized carbons (Fsp3) is 0.625. The van der Waals surface area contributed by atoms with Gasteiger partial charge in [0, 0.05) is 11.1 Å². The fourth-order valence-electron chi connectivity index (χ4n) is 1.46. The van der Waals surface area contributed by atoms with E-state index in [1.807, 2.05) is 28.2 Å². The molecule has 0 aromatic carbocycles. The maximum absolute atomic E-state index is 10.5. The van der Waals surface area contributed by atoms with Crippen LogP contribution in [-0.4, -0.2) is 71.2 Å². The third-order valence-electron chi connectivity index (χ3n) is 2.86. The molecule has 0 atom stereocenters. The van der Waals surface area contributed by atoms with E-state index < -0.39 is 13.6 Å². The van der Waals surface area contributed by atoms with Crippen LogP contribution >= 0.6 is 0 Å². The second-order valence-corrected chi connectivity index (χ2v) is 7.60. The van der Waals surface area contributed by atoms with Crippen molar-refractivity contribution in [2.75, 3.05) is 41.3 Å². The van der Waals surface area contributed by atoms with Crippen molar-refractivity contribution in [3.05, 3.63) is 24.3 Å². The van der Waals surface area contributed by atoms with Crippen molar-refractivity contribution in [1.82, 2.24) is 9.80 Å². The van der Waals surface area contributed by atoms with Gasteiger partial charge in [0.1, 0.15) is 0 Å². The van der Waals surface area contributed by atoms with Crippen LogP contribution in [-0.2, 0) is 30.8 Å². The summed E-state index contributed by atoms with van der Waals surface area (Å²) in [5.74, 6) is -0.771. The number of amides is 2. The molecule has 0 saturated carbocycles. The summed E-state index contributed by atoms with van der Waals surface area (Å²) >= 11 is -5.25. The first kappa shape index (κ1) is 30.1. The normalized spacial score (nSPS) is 10.4. The van der Waals surface area contributed by atoms with E-state index in [-0.39, 0.29) is 11.8 Å². The van der Waals surface area contributed by atoms with Crippen LogP contribution in [0.15, 0.2) is 24.3 Å². The molecule has 0 aliphatic rings. The summed E-state index contributed by atoms with van der Waals surface area (Å²) in [7, 11) is 7.97. The zero-order valence-corrected chi connectivity index (χ0v) is 17.9. The Morgan fingerprint density at radius 2 is 1.04 bits per heavy atom. The van der Waals surface area contributed by atoms with E-state index in [1.165, 1.54) is 0 Å². The van der Waals surface area contributed by atoms with Crippen molar-refractivity contribution < 1.29 is 39.1 Å². The molecule has 0 bridgehead atoms. The minimum atomic E-state index is -5.25. The number of primary amides is 2. The molecule has 0 radical (unpaired) electrons. The summed E-state index contributed by atoms with van der Waals surface area (Å²) in [4.78, 5) is 25.1. The Morgan fingerprint density at radius 1 is 0.815 bits per heavy atom. The average molecular weight is 430 g/mol. The van der Waals surface area contributed by atoms with Gasteiger partial charge in [0.2, 0.25) is 11.8 Å². The molecule has 10 nitrogen and oxygen atoms in total. The predicted molar refractivity (Wildman–Crippen MR) is 98.1 cm³/mol. The van der Waals surface area contributed by atoms with Crippen LogP contribution in [0, 0.1) is 0 Å². The molecular weight excluding hydrogens is 396 g/mol. The van der Waals surface area contributed by atoms with Gasteiger partial charge in [0.05, 0.1) is 0 Å². The molecule has 11 heteroatoms. The SMILES string of the molecule is C=C(CCCN(C)C)C(N)=O.C=C(CCCN(C)C)C(N)=O.[O]=[Cr](=[O])([OH])[OH]. The summed E-state index contributed by atoms with van der Waals surface area (Å²) in [6.07, 6.45) is 3.28. The van der Waals surface area contributed by atoms with Gasteiger partial charge in [-0.1, -0.05) is 13.2 Å². The van der Waals surface area contributed by atoms with Gasteiger partial charge in [0.25, 0.3) is 0 Å². The number of nitrogens with zero attached hydrogens (tertiary/aromatic N) is 2. The van der Waals surface area contributed by atoms with Crippen LogP contribution in [0.1, 0.15) is 25.7 Å². The molecular formula is C16H34CrN4O6. The van der Waals surface area contributed by atoms with E-state index in [0.29, 0.717) is 24.0 Å². The number of hydrogen-bond acceptors (Lipinski definition) is 6. The van der Waals surface area contributed by atoms with E-state index in [9.17, 15) is 9.59 Å². The van der Waals surface area contributed by atoms with Gasteiger partial charge in [0.15, 0.2) is 0 Å². The zero-order chi connectivity index (χ0) is 22.2. The molecule has 0 spiro atoms. The first-order valence-corrected chi connectivity index (χ1v) is 10.2. The second kappa shape index (κ2) is 16.6. The van der Waals surface area contributed by atoms with E-state index >= 15 is 0 Å². The summed E-state index contributed by atoms with van der Waals surface area (Å²) in [6, 6.07) is 0. The minimum absolute atomic E-state index is 0.385. The van der Waals surface area contributed by atoms with E-state index in [4.69, 9.17) is 27.4 Å². The molecule has 2 amide bonds. The zero-order valence-electron chi connectivity index (χ0n) is 16.6. The Labute approximate surface area is 163 Å². The maximum atomic E-state index is 10.5. The van der Waals surface area contributed by atoms with Crippen LogP contribution in [0.3, 0.4) is 0 Å². The van der Waals surface area contributed by atoms with E-state index in [1.54, 1.807) is 0 Å². The fourth-order valence-corrected chi connectivity index (χ4v) is 1.46. The quantitative estimate of drug-likeness (QED) is 0.333. The molecule has 0 heterocycles. The van der Waals surface area contributed by atoms with E-state index in [2.05, 4.69) is 23.0 Å². The van der Waals surface area contributed by atoms with Crippen molar-refractivity contribution in [2.24, 2.45) is 11.5 Å². The molecule has 0 aliphatic heterocycles. The Hall–Kier alpha value is -1.61. The van der Waals surface area contributed by atoms with Crippen LogP contribution in [0.4, 0.5) is 0 Å². The van der Waals surface area contributed by atoms with Crippen LogP contribution in [0.5, 0.6) is 0 Å². The van der Waals surface area contributed by atoms with Crippen molar-refractivity contribution in [2.45, 2.75) is 25.7 Å². The summed E-state index contributed by atoms with van der Waals surface area (Å²) in [5, 5.41) is 0. The molecule has 0 rings (SSSR count). The first-order chi connectivity index (χ1) is 12.1. The van der Waals surface area contributed by atoms with Crippen molar-refractivity contribution in [3.8, 4) is 0 Å². The summed E-state index contributed by atoms with van der Waals surface area (Å²) < 4.78 is 31.9. The monoisotopic (exact) mass is 430 g/mol. The standard InChI is InChI=1S/2C8H16N2O.Cr.2H2O.2O/c2*1-7(8(9)11)5-4-6-10(2)3;;;;;/h2*1,4-6H2,2-3H3,(H2,9,11);;2*1H2;;/q;;+2;;;;/p-2. The van der Waals surface area contributed by atoms with Gasteiger partial charge in [-0.05, 0) is 67.0 Å². The van der Waals surface area contributed by atoms with Gasteiger partial charge >= 0.3 is 29.5 Å². The summed E-state index contributed by atoms with van der Waals surface area (Å²) in [6.45, 7) is 9.05. The molecule has 0 aliphatic carbocycles. The van der Waals surface area contributed by atoms with Crippen LogP contribution < -0.4 is 11.5 Å². The number of carbonyl (C=O) groups excluding carboxylic acids is 2. The number of nitrogens with two attached hydrogens (primary N) is 2. The Balaban J connectivity index is -0.000000344. The van der Waals surface area contributed by atoms with Crippen LogP contribution in [0.25, 0.3) is 0 Å². The number of hydrogen-bond donors (Lipinski definition) is 4. The van der Waals surface area contributed by atoms with Gasteiger partial charge < -0.3 is 21.3 Å². The van der Waals surface area contributed by atoms with Gasteiger partial charge in [-0.15, -0.1) is 0 Å². The Morgan fingerprint density at radius 3 is 1.19 bits per heavy atom. The van der Waals surface area contributed by atoms with Crippen LogP contribution in [0.2, 0.25) is 0 Å². The van der Waals surface area contributed by atoms with Gasteiger partial charge in [-0.3, -0.25) is 9.59 Å². The predicted octanol–water partition coefficient (Wildman–Crippen LogP) is -0.615. The molecule has 6 N–H and O–H groups in total. The summed E-state index contributed by atoms with van der Waals surface area (Å²) in [5.41, 5.74) is 11.0. The third-order valence-corrected chi connectivity index (χ3v) is 2.86. The first-order valence-electron chi connectivity index (χ1n) is 8.02. The molecule has 0 aromatic heterocycles. The van der Waals surface area contributed by atoms with E-state index in [0.717, 1.165) is 25.9 Å².